The molecule has 0 heterocycles. The Morgan fingerprint density at radius 2 is 1.38 bits per heavy atom. The van der Waals surface area contributed by atoms with E-state index < -0.39 is 0 Å². The molecule has 73 valence electrons. The van der Waals surface area contributed by atoms with Gasteiger partial charge in [0, 0.05) is 0 Å². The topological polar surface area (TPSA) is 0 Å². The summed E-state index contributed by atoms with van der Waals surface area (Å²) in [6, 6.07) is 0. The lowest BCUT2D eigenvalue weighted by Gasteiger charge is -1.91. The van der Waals surface area contributed by atoms with Gasteiger partial charge in [-0.1, -0.05) is 37.0 Å². The minimum atomic E-state index is 1.03. The summed E-state index contributed by atoms with van der Waals surface area (Å²) in [5, 5.41) is 0. The summed E-state index contributed by atoms with van der Waals surface area (Å²) in [6.45, 7) is 7.34. The van der Waals surface area contributed by atoms with Crippen LogP contribution in [0.3, 0.4) is 0 Å². The number of hydrogen-bond acceptors (Lipinski definition) is 0. The fraction of sp³-hybridized carbons (Fsp3) is 0.538. The summed E-state index contributed by atoms with van der Waals surface area (Å²) in [7, 11) is 0. The third kappa shape index (κ3) is 11.2. The van der Waals surface area contributed by atoms with E-state index in [1.807, 2.05) is 0 Å². The van der Waals surface area contributed by atoms with Crippen molar-refractivity contribution in [1.82, 2.24) is 0 Å². The smallest absolute Gasteiger partial charge is 0.0345 e. The van der Waals surface area contributed by atoms with E-state index in [1.165, 1.54) is 25.7 Å². The summed E-state index contributed by atoms with van der Waals surface area (Å²) < 4.78 is 0. The van der Waals surface area contributed by atoms with Gasteiger partial charge in [0.25, 0.3) is 0 Å². The van der Waals surface area contributed by atoms with E-state index in [1.54, 1.807) is 6.08 Å². The van der Waals surface area contributed by atoms with Crippen LogP contribution in [0.25, 0.3) is 0 Å². The minimum absolute atomic E-state index is 1.03. The van der Waals surface area contributed by atoms with Gasteiger partial charge >= 0.3 is 0 Å². The molecule has 0 aromatic carbocycles. The van der Waals surface area contributed by atoms with E-state index in [0.29, 0.717) is 0 Å². The molecule has 0 aliphatic heterocycles. The highest BCUT2D eigenvalue weighted by Crippen LogP contribution is 2.01. The van der Waals surface area contributed by atoms with Crippen LogP contribution < -0.4 is 0 Å². The Bertz CT molecular complexity index is 151. The van der Waals surface area contributed by atoms with Gasteiger partial charge in [0.2, 0.25) is 0 Å². The number of rotatable bonds is 8. The first-order chi connectivity index (χ1) is 6.41. The van der Waals surface area contributed by atoms with Crippen molar-refractivity contribution >= 4 is 0 Å². The molecule has 0 nitrogen and oxygen atoms in total. The second kappa shape index (κ2) is 11.2. The molecule has 1 radical (unpaired) electrons. The average Bonchev–Trinajstić information content (AvgIpc) is 2.16. The second-order valence-electron chi connectivity index (χ2n) is 3.14. The van der Waals surface area contributed by atoms with Gasteiger partial charge < -0.3 is 0 Å². The molecule has 0 spiro atoms. The lowest BCUT2D eigenvalue weighted by Crippen LogP contribution is -1.71. The predicted octanol–water partition coefficient (Wildman–Crippen LogP) is 4.45. The lowest BCUT2D eigenvalue weighted by atomic mass is 10.2. The van der Waals surface area contributed by atoms with Crippen LogP contribution in [0.5, 0.6) is 0 Å². The fourth-order valence-corrected chi connectivity index (χ4v) is 1.11. The van der Waals surface area contributed by atoms with E-state index in [4.69, 9.17) is 6.58 Å². The van der Waals surface area contributed by atoms with Crippen LogP contribution >= 0.6 is 0 Å². The standard InChI is InChI=1S/C13H21/c1-3-5-7-9-11-13-12-10-8-6-4-2/h1,3-4,6,11,13H,5,7-10,12H2,2H3. The van der Waals surface area contributed by atoms with Crippen LogP contribution in [-0.2, 0) is 0 Å². The molecule has 0 aliphatic carbocycles. The zero-order chi connectivity index (χ0) is 9.78. The van der Waals surface area contributed by atoms with Crippen molar-refractivity contribution in [3.8, 4) is 0 Å². The highest BCUT2D eigenvalue weighted by atomic mass is 13.9. The van der Waals surface area contributed by atoms with Crippen LogP contribution in [0.1, 0.15) is 45.4 Å². The van der Waals surface area contributed by atoms with Gasteiger partial charge in [-0.05, 0) is 45.4 Å². The van der Waals surface area contributed by atoms with E-state index in [-0.39, 0.29) is 0 Å². The molecule has 0 fully saturated rings. The molecule has 0 bridgehead atoms. The largest absolute Gasteiger partial charge is 0.0917 e. The maximum Gasteiger partial charge on any atom is -0.0345 e. The summed E-state index contributed by atoms with van der Waals surface area (Å²) >= 11 is 0. The molecule has 0 atom stereocenters. The quantitative estimate of drug-likeness (QED) is 0.379. The molecule has 0 saturated carbocycles. The molecule has 13 heavy (non-hydrogen) atoms. The number of unbranched alkanes of at least 4 members (excludes halogenated alkanes) is 4. The second-order valence-corrected chi connectivity index (χ2v) is 3.14. The van der Waals surface area contributed by atoms with E-state index in [2.05, 4.69) is 31.2 Å². The first-order valence-corrected chi connectivity index (χ1v) is 5.21. The zero-order valence-corrected chi connectivity index (χ0v) is 8.71. The molecule has 0 aliphatic rings. The molecule has 0 aromatic rings. The van der Waals surface area contributed by atoms with Crippen LogP contribution in [0.4, 0.5) is 0 Å². The van der Waals surface area contributed by atoms with Crippen molar-refractivity contribution in [2.24, 2.45) is 0 Å². The van der Waals surface area contributed by atoms with Crippen molar-refractivity contribution in [3.63, 3.8) is 0 Å². The van der Waals surface area contributed by atoms with Gasteiger partial charge in [-0.15, -0.1) is 0 Å². The van der Waals surface area contributed by atoms with Gasteiger partial charge in [0.15, 0.2) is 0 Å². The number of allylic oxidation sites excluding steroid dienone is 5. The molecular weight excluding hydrogens is 156 g/mol. The first kappa shape index (κ1) is 12.2. The summed E-state index contributed by atoms with van der Waals surface area (Å²) in [5.41, 5.74) is 0. The highest BCUT2D eigenvalue weighted by molar-refractivity contribution is 4.84. The Hall–Kier alpha value is -0.780. The zero-order valence-electron chi connectivity index (χ0n) is 8.71. The van der Waals surface area contributed by atoms with Gasteiger partial charge in [0.1, 0.15) is 0 Å². The average molecular weight is 177 g/mol. The molecule has 0 N–H and O–H groups in total. The van der Waals surface area contributed by atoms with Crippen molar-refractivity contribution in [2.45, 2.75) is 45.4 Å². The maximum absolute atomic E-state index is 5.27. The Morgan fingerprint density at radius 3 is 1.92 bits per heavy atom. The van der Waals surface area contributed by atoms with Crippen LogP contribution in [0.15, 0.2) is 30.4 Å². The SMILES string of the molecule is [CH]=CCCCC=CCCCC=CC. The lowest BCUT2D eigenvalue weighted by molar-refractivity contribution is 0.841. The minimum Gasteiger partial charge on any atom is -0.0917 e. The summed E-state index contributed by atoms with van der Waals surface area (Å²) in [6.07, 6.45) is 17.7. The molecule has 0 rings (SSSR count). The van der Waals surface area contributed by atoms with Crippen LogP contribution in [-0.4, -0.2) is 0 Å². The molecule has 0 unspecified atom stereocenters. The Morgan fingerprint density at radius 1 is 0.846 bits per heavy atom. The Labute approximate surface area is 83.0 Å². The molecule has 0 amide bonds. The van der Waals surface area contributed by atoms with Crippen molar-refractivity contribution in [3.05, 3.63) is 37.0 Å². The molecule has 0 aromatic heterocycles. The van der Waals surface area contributed by atoms with Gasteiger partial charge in [-0.2, -0.15) is 0 Å². The first-order valence-electron chi connectivity index (χ1n) is 5.21. The fourth-order valence-electron chi connectivity index (χ4n) is 1.11. The van der Waals surface area contributed by atoms with Gasteiger partial charge in [-0.25, -0.2) is 0 Å². The monoisotopic (exact) mass is 177 g/mol. The summed E-state index contributed by atoms with van der Waals surface area (Å²) in [5.74, 6) is 0. The Kier molecular flexibility index (Phi) is 10.5. The van der Waals surface area contributed by atoms with E-state index in [9.17, 15) is 0 Å². The maximum atomic E-state index is 5.27. The third-order valence-corrected chi connectivity index (χ3v) is 1.89. The van der Waals surface area contributed by atoms with Gasteiger partial charge in [-0.3, -0.25) is 0 Å². The number of hydrogen-bond donors (Lipinski definition) is 0. The third-order valence-electron chi connectivity index (χ3n) is 1.89. The predicted molar refractivity (Wildman–Crippen MR) is 60.5 cm³/mol. The Balaban J connectivity index is 3.07. The van der Waals surface area contributed by atoms with Crippen LogP contribution in [0, 0.1) is 6.58 Å². The molecule has 0 heteroatoms. The van der Waals surface area contributed by atoms with Crippen molar-refractivity contribution < 1.29 is 0 Å². The molecular formula is C13H21. The summed E-state index contributed by atoms with van der Waals surface area (Å²) in [4.78, 5) is 0. The molecule has 0 saturated heterocycles. The van der Waals surface area contributed by atoms with Crippen LogP contribution in [0.2, 0.25) is 0 Å². The van der Waals surface area contributed by atoms with E-state index in [0.717, 1.165) is 12.8 Å². The van der Waals surface area contributed by atoms with E-state index >= 15 is 0 Å². The normalized spacial score (nSPS) is 11.5. The van der Waals surface area contributed by atoms with Gasteiger partial charge in [0.05, 0.1) is 0 Å². The highest BCUT2D eigenvalue weighted by Gasteiger charge is 1.81. The van der Waals surface area contributed by atoms with Crippen molar-refractivity contribution in [1.29, 1.82) is 0 Å². The van der Waals surface area contributed by atoms with Crippen molar-refractivity contribution in [2.75, 3.05) is 0 Å².